The summed E-state index contributed by atoms with van der Waals surface area (Å²) >= 11 is 4.54. The molecule has 0 fully saturated rings. The van der Waals surface area contributed by atoms with Crippen LogP contribution in [0.2, 0.25) is 0 Å². The minimum absolute atomic E-state index is 0.133. The Labute approximate surface area is 105 Å². The lowest BCUT2D eigenvalue weighted by Gasteiger charge is -2.02. The standard InChI is InChI=1S/C11H9BrFNOS/c1-6-2-3-7(8(13)4-6)10-9(5-15)16-11(12)14-10/h2-4,15H,5H2,1H3. The van der Waals surface area contributed by atoms with Crippen LogP contribution in [-0.2, 0) is 6.61 Å². The quantitative estimate of drug-likeness (QED) is 0.921. The lowest BCUT2D eigenvalue weighted by atomic mass is 10.1. The zero-order valence-electron chi connectivity index (χ0n) is 8.50. The molecule has 16 heavy (non-hydrogen) atoms. The molecular formula is C11H9BrFNOS. The van der Waals surface area contributed by atoms with Crippen molar-refractivity contribution >= 4 is 27.3 Å². The van der Waals surface area contributed by atoms with Crippen molar-refractivity contribution in [2.24, 2.45) is 0 Å². The van der Waals surface area contributed by atoms with Crippen molar-refractivity contribution in [3.05, 3.63) is 38.4 Å². The molecule has 0 radical (unpaired) electrons. The molecular weight excluding hydrogens is 293 g/mol. The van der Waals surface area contributed by atoms with E-state index in [1.807, 2.05) is 13.0 Å². The molecule has 0 spiro atoms. The molecule has 84 valence electrons. The third kappa shape index (κ3) is 2.16. The van der Waals surface area contributed by atoms with Crippen molar-refractivity contribution in [2.45, 2.75) is 13.5 Å². The monoisotopic (exact) mass is 301 g/mol. The molecule has 0 aliphatic carbocycles. The Balaban J connectivity index is 2.57. The average molecular weight is 302 g/mol. The van der Waals surface area contributed by atoms with Crippen molar-refractivity contribution in [3.63, 3.8) is 0 Å². The van der Waals surface area contributed by atoms with Gasteiger partial charge >= 0.3 is 0 Å². The Morgan fingerprint density at radius 3 is 2.88 bits per heavy atom. The fraction of sp³-hybridized carbons (Fsp3) is 0.182. The van der Waals surface area contributed by atoms with Crippen LogP contribution < -0.4 is 0 Å². The van der Waals surface area contributed by atoms with E-state index >= 15 is 0 Å². The predicted molar refractivity (Wildman–Crippen MR) is 65.9 cm³/mol. The van der Waals surface area contributed by atoms with Gasteiger partial charge in [0.15, 0.2) is 3.92 Å². The zero-order valence-corrected chi connectivity index (χ0v) is 10.9. The Kier molecular flexibility index (Phi) is 3.37. The van der Waals surface area contributed by atoms with Gasteiger partial charge < -0.3 is 5.11 Å². The molecule has 0 amide bonds. The van der Waals surface area contributed by atoms with Crippen molar-refractivity contribution < 1.29 is 9.50 Å². The molecule has 1 N–H and O–H groups in total. The van der Waals surface area contributed by atoms with Crippen LogP contribution in [0.5, 0.6) is 0 Å². The van der Waals surface area contributed by atoms with Crippen molar-refractivity contribution in [3.8, 4) is 11.3 Å². The number of aliphatic hydroxyl groups is 1. The Hall–Kier alpha value is -0.780. The summed E-state index contributed by atoms with van der Waals surface area (Å²) in [5, 5.41) is 9.17. The van der Waals surface area contributed by atoms with Gasteiger partial charge in [-0.15, -0.1) is 11.3 Å². The van der Waals surface area contributed by atoms with Crippen LogP contribution in [0.3, 0.4) is 0 Å². The molecule has 0 saturated heterocycles. The van der Waals surface area contributed by atoms with Crippen LogP contribution >= 0.6 is 27.3 Å². The van der Waals surface area contributed by atoms with E-state index in [9.17, 15) is 4.39 Å². The van der Waals surface area contributed by atoms with Crippen molar-refractivity contribution in [1.82, 2.24) is 4.98 Å². The van der Waals surface area contributed by atoms with E-state index in [-0.39, 0.29) is 12.4 Å². The number of halogens is 2. The average Bonchev–Trinajstić information content (AvgIpc) is 2.59. The van der Waals surface area contributed by atoms with E-state index in [1.165, 1.54) is 17.4 Å². The highest BCUT2D eigenvalue weighted by Crippen LogP contribution is 2.32. The number of aliphatic hydroxyl groups excluding tert-OH is 1. The van der Waals surface area contributed by atoms with Gasteiger partial charge in [-0.05, 0) is 40.5 Å². The highest BCUT2D eigenvalue weighted by molar-refractivity contribution is 9.11. The van der Waals surface area contributed by atoms with Gasteiger partial charge in [-0.3, -0.25) is 0 Å². The number of rotatable bonds is 2. The van der Waals surface area contributed by atoms with Gasteiger partial charge in [-0.25, -0.2) is 9.37 Å². The molecule has 0 aliphatic rings. The van der Waals surface area contributed by atoms with Gasteiger partial charge in [0.05, 0.1) is 17.2 Å². The smallest absolute Gasteiger partial charge is 0.160 e. The van der Waals surface area contributed by atoms with Crippen LogP contribution in [-0.4, -0.2) is 10.1 Å². The van der Waals surface area contributed by atoms with E-state index < -0.39 is 0 Å². The second-order valence-electron chi connectivity index (χ2n) is 3.38. The summed E-state index contributed by atoms with van der Waals surface area (Å²) in [6.45, 7) is 1.70. The number of aryl methyl sites for hydroxylation is 1. The van der Waals surface area contributed by atoms with Crippen LogP contribution in [0.1, 0.15) is 10.4 Å². The predicted octanol–water partition coefficient (Wildman–Crippen LogP) is 3.51. The fourth-order valence-corrected chi connectivity index (χ4v) is 2.87. The molecule has 1 aromatic heterocycles. The number of thiazole rings is 1. The Morgan fingerprint density at radius 1 is 1.50 bits per heavy atom. The number of aromatic nitrogens is 1. The molecule has 5 heteroatoms. The van der Waals surface area contributed by atoms with Crippen LogP contribution in [0.25, 0.3) is 11.3 Å². The summed E-state index contributed by atoms with van der Waals surface area (Å²) in [6, 6.07) is 4.97. The van der Waals surface area contributed by atoms with Crippen LogP contribution in [0, 0.1) is 12.7 Å². The molecule has 0 atom stereocenters. The fourth-order valence-electron chi connectivity index (χ4n) is 1.45. The molecule has 2 nitrogen and oxygen atoms in total. The Bertz CT molecular complexity index is 527. The van der Waals surface area contributed by atoms with Crippen molar-refractivity contribution in [2.75, 3.05) is 0 Å². The minimum Gasteiger partial charge on any atom is -0.391 e. The normalized spacial score (nSPS) is 10.8. The second kappa shape index (κ2) is 4.61. The van der Waals surface area contributed by atoms with Gasteiger partial charge in [-0.1, -0.05) is 6.07 Å². The lowest BCUT2D eigenvalue weighted by Crippen LogP contribution is -1.90. The maximum atomic E-state index is 13.7. The topological polar surface area (TPSA) is 33.1 Å². The van der Waals surface area contributed by atoms with E-state index in [0.717, 1.165) is 5.56 Å². The third-order valence-electron chi connectivity index (χ3n) is 2.19. The summed E-state index contributed by atoms with van der Waals surface area (Å²) < 4.78 is 14.4. The second-order valence-corrected chi connectivity index (χ2v) is 5.74. The van der Waals surface area contributed by atoms with Crippen LogP contribution in [0.4, 0.5) is 4.39 Å². The third-order valence-corrected chi connectivity index (χ3v) is 3.69. The first-order valence-corrected chi connectivity index (χ1v) is 6.25. The highest BCUT2D eigenvalue weighted by Gasteiger charge is 2.14. The first kappa shape index (κ1) is 11.7. The number of nitrogens with zero attached hydrogens (tertiary/aromatic N) is 1. The van der Waals surface area contributed by atoms with E-state index in [4.69, 9.17) is 5.11 Å². The summed E-state index contributed by atoms with van der Waals surface area (Å²) in [4.78, 5) is 4.84. The summed E-state index contributed by atoms with van der Waals surface area (Å²) in [7, 11) is 0. The van der Waals surface area contributed by atoms with Crippen LogP contribution in [0.15, 0.2) is 22.1 Å². The van der Waals surface area contributed by atoms with E-state index in [0.29, 0.717) is 20.1 Å². The zero-order chi connectivity index (χ0) is 11.7. The number of hydrogen-bond acceptors (Lipinski definition) is 3. The van der Waals surface area contributed by atoms with E-state index in [1.54, 1.807) is 6.07 Å². The molecule has 0 saturated carbocycles. The van der Waals surface area contributed by atoms with Gasteiger partial charge in [0.2, 0.25) is 0 Å². The molecule has 0 bridgehead atoms. The SMILES string of the molecule is Cc1ccc(-c2nc(Br)sc2CO)c(F)c1. The first-order chi connectivity index (χ1) is 7.61. The van der Waals surface area contributed by atoms with Gasteiger partial charge in [-0.2, -0.15) is 0 Å². The summed E-state index contributed by atoms with van der Waals surface area (Å²) in [6.07, 6.45) is 0. The Morgan fingerprint density at radius 2 is 2.25 bits per heavy atom. The van der Waals surface area contributed by atoms with Gasteiger partial charge in [0.1, 0.15) is 5.82 Å². The minimum atomic E-state index is -0.312. The largest absolute Gasteiger partial charge is 0.391 e. The van der Waals surface area contributed by atoms with Crippen molar-refractivity contribution in [1.29, 1.82) is 0 Å². The highest BCUT2D eigenvalue weighted by atomic mass is 79.9. The maximum absolute atomic E-state index is 13.7. The maximum Gasteiger partial charge on any atom is 0.160 e. The van der Waals surface area contributed by atoms with Gasteiger partial charge in [0, 0.05) is 5.56 Å². The first-order valence-electron chi connectivity index (χ1n) is 4.64. The lowest BCUT2D eigenvalue weighted by molar-refractivity contribution is 0.286. The van der Waals surface area contributed by atoms with E-state index in [2.05, 4.69) is 20.9 Å². The molecule has 0 unspecified atom stereocenters. The van der Waals surface area contributed by atoms with Gasteiger partial charge in [0.25, 0.3) is 0 Å². The summed E-state index contributed by atoms with van der Waals surface area (Å²) in [5.74, 6) is -0.312. The summed E-state index contributed by atoms with van der Waals surface area (Å²) in [5.41, 5.74) is 1.80. The molecule has 1 heterocycles. The molecule has 1 aromatic carbocycles. The molecule has 2 aromatic rings. The molecule has 2 rings (SSSR count). The molecule has 0 aliphatic heterocycles. The number of benzene rings is 1. The number of hydrogen-bond donors (Lipinski definition) is 1.